The van der Waals surface area contributed by atoms with Gasteiger partial charge in [0.05, 0.1) is 12.5 Å². The van der Waals surface area contributed by atoms with Crippen molar-refractivity contribution in [1.82, 2.24) is 0 Å². The summed E-state index contributed by atoms with van der Waals surface area (Å²) in [5.74, 6) is -0.743. The van der Waals surface area contributed by atoms with Gasteiger partial charge >= 0.3 is 0 Å². The zero-order valence-corrected chi connectivity index (χ0v) is 11.1. The molecule has 0 aliphatic rings. The molecule has 1 amide bonds. The molecule has 3 nitrogen and oxygen atoms in total. The van der Waals surface area contributed by atoms with Crippen LogP contribution in [0.2, 0.25) is 0 Å². The molecule has 4 heteroatoms. The summed E-state index contributed by atoms with van der Waals surface area (Å²) in [5.41, 5.74) is 2.11. The molecule has 1 atom stereocenters. The average Bonchev–Trinajstić information content (AvgIpc) is 2.38. The third-order valence-corrected chi connectivity index (χ3v) is 2.91. The van der Waals surface area contributed by atoms with E-state index in [-0.39, 0.29) is 12.3 Å². The monoisotopic (exact) mass is 273 g/mol. The summed E-state index contributed by atoms with van der Waals surface area (Å²) < 4.78 is 13.0. The van der Waals surface area contributed by atoms with Crippen molar-refractivity contribution in [2.75, 3.05) is 5.32 Å². The molecule has 0 spiro atoms. The number of aliphatic hydroxyl groups excluding tert-OH is 1. The van der Waals surface area contributed by atoms with Gasteiger partial charge < -0.3 is 10.4 Å². The Bertz CT molecular complexity index is 613. The van der Waals surface area contributed by atoms with Crippen molar-refractivity contribution in [1.29, 1.82) is 0 Å². The average molecular weight is 273 g/mol. The number of hydrogen-bond donors (Lipinski definition) is 2. The van der Waals surface area contributed by atoms with Crippen molar-refractivity contribution in [3.8, 4) is 0 Å². The minimum absolute atomic E-state index is 0.114. The number of carbonyl (C=O) groups is 1. The lowest BCUT2D eigenvalue weighted by Gasteiger charge is -2.11. The third kappa shape index (κ3) is 3.90. The van der Waals surface area contributed by atoms with E-state index in [1.54, 1.807) is 12.1 Å². The summed E-state index contributed by atoms with van der Waals surface area (Å²) in [4.78, 5) is 11.8. The lowest BCUT2D eigenvalue weighted by Crippen LogP contribution is -2.15. The Kier molecular flexibility index (Phi) is 4.48. The highest BCUT2D eigenvalue weighted by molar-refractivity contribution is 5.91. The number of rotatable bonds is 4. The molecule has 2 N–H and O–H groups in total. The molecular formula is C16H16FNO2. The van der Waals surface area contributed by atoms with E-state index >= 15 is 0 Å². The molecule has 0 bridgehead atoms. The highest BCUT2D eigenvalue weighted by atomic mass is 19.1. The van der Waals surface area contributed by atoms with Crippen LogP contribution in [0.15, 0.2) is 48.5 Å². The van der Waals surface area contributed by atoms with Crippen molar-refractivity contribution >= 4 is 11.6 Å². The number of benzene rings is 2. The van der Waals surface area contributed by atoms with Gasteiger partial charge in [0, 0.05) is 5.69 Å². The first-order valence-corrected chi connectivity index (χ1v) is 6.34. The summed E-state index contributed by atoms with van der Waals surface area (Å²) in [6.07, 6.45) is -1.13. The fraction of sp³-hybridized carbons (Fsp3) is 0.188. The van der Waals surface area contributed by atoms with E-state index in [0.29, 0.717) is 11.3 Å². The van der Waals surface area contributed by atoms with Crippen LogP contribution < -0.4 is 5.32 Å². The second kappa shape index (κ2) is 6.30. The van der Waals surface area contributed by atoms with E-state index in [4.69, 9.17) is 0 Å². The largest absolute Gasteiger partial charge is 0.388 e. The van der Waals surface area contributed by atoms with Crippen LogP contribution in [-0.2, 0) is 4.79 Å². The van der Waals surface area contributed by atoms with E-state index < -0.39 is 11.9 Å². The Hall–Kier alpha value is -2.20. The molecule has 2 aromatic carbocycles. The predicted octanol–water partition coefficient (Wildman–Crippen LogP) is 3.20. The van der Waals surface area contributed by atoms with Crippen LogP contribution in [0.4, 0.5) is 10.1 Å². The van der Waals surface area contributed by atoms with Gasteiger partial charge in [-0.2, -0.15) is 0 Å². The van der Waals surface area contributed by atoms with Gasteiger partial charge in [0.2, 0.25) is 5.91 Å². The molecule has 0 saturated heterocycles. The Balaban J connectivity index is 1.97. The van der Waals surface area contributed by atoms with Gasteiger partial charge in [-0.15, -0.1) is 0 Å². The molecule has 104 valence electrons. The highest BCUT2D eigenvalue weighted by Crippen LogP contribution is 2.18. The molecule has 0 saturated carbocycles. The topological polar surface area (TPSA) is 49.3 Å². The van der Waals surface area contributed by atoms with Crippen LogP contribution in [0.1, 0.15) is 23.7 Å². The lowest BCUT2D eigenvalue weighted by atomic mass is 10.1. The predicted molar refractivity (Wildman–Crippen MR) is 75.8 cm³/mol. The quantitative estimate of drug-likeness (QED) is 0.898. The second-order valence-electron chi connectivity index (χ2n) is 4.69. The molecule has 0 aliphatic heterocycles. The van der Waals surface area contributed by atoms with Gasteiger partial charge in [-0.1, -0.05) is 24.3 Å². The van der Waals surface area contributed by atoms with Crippen LogP contribution in [0.3, 0.4) is 0 Å². The Morgan fingerprint density at radius 1 is 1.25 bits per heavy atom. The van der Waals surface area contributed by atoms with Crippen LogP contribution in [0, 0.1) is 12.7 Å². The van der Waals surface area contributed by atoms with Gasteiger partial charge in [0.1, 0.15) is 5.82 Å². The molecule has 2 rings (SSSR count). The Labute approximate surface area is 117 Å². The number of carbonyl (C=O) groups excluding carboxylic acids is 1. The number of aryl methyl sites for hydroxylation is 1. The van der Waals surface area contributed by atoms with Crippen molar-refractivity contribution in [2.45, 2.75) is 19.4 Å². The smallest absolute Gasteiger partial charge is 0.227 e. The second-order valence-corrected chi connectivity index (χ2v) is 4.69. The lowest BCUT2D eigenvalue weighted by molar-refractivity contribution is -0.118. The fourth-order valence-corrected chi connectivity index (χ4v) is 1.94. The molecule has 0 aliphatic carbocycles. The number of aliphatic hydroxyl groups is 1. The molecule has 0 heterocycles. The van der Waals surface area contributed by atoms with Gasteiger partial charge in [0.15, 0.2) is 0 Å². The first kappa shape index (κ1) is 14.2. The van der Waals surface area contributed by atoms with E-state index in [1.807, 2.05) is 25.1 Å². The van der Waals surface area contributed by atoms with E-state index in [0.717, 1.165) is 5.56 Å². The van der Waals surface area contributed by atoms with Gasteiger partial charge in [-0.05, 0) is 42.3 Å². The number of anilines is 1. The Morgan fingerprint density at radius 3 is 2.70 bits per heavy atom. The SMILES string of the molecule is Cc1cccc(NC(=O)CC(O)c2cccc(F)c2)c1. The van der Waals surface area contributed by atoms with Gasteiger partial charge in [-0.3, -0.25) is 4.79 Å². The van der Waals surface area contributed by atoms with Gasteiger partial charge in [0.25, 0.3) is 0 Å². The van der Waals surface area contributed by atoms with Crippen LogP contribution in [0.25, 0.3) is 0 Å². The third-order valence-electron chi connectivity index (χ3n) is 2.91. The summed E-state index contributed by atoms with van der Waals surface area (Å²) >= 11 is 0. The summed E-state index contributed by atoms with van der Waals surface area (Å²) in [6, 6.07) is 13.0. The number of halogens is 1. The molecule has 0 radical (unpaired) electrons. The summed E-state index contributed by atoms with van der Waals surface area (Å²) in [7, 11) is 0. The zero-order chi connectivity index (χ0) is 14.5. The maximum Gasteiger partial charge on any atom is 0.227 e. The Morgan fingerprint density at radius 2 is 2.00 bits per heavy atom. The molecule has 0 fully saturated rings. The number of amides is 1. The van der Waals surface area contributed by atoms with Crippen LogP contribution >= 0.6 is 0 Å². The van der Waals surface area contributed by atoms with Gasteiger partial charge in [-0.25, -0.2) is 4.39 Å². The first-order valence-electron chi connectivity index (χ1n) is 6.34. The molecule has 0 aromatic heterocycles. The zero-order valence-electron chi connectivity index (χ0n) is 11.1. The summed E-state index contributed by atoms with van der Waals surface area (Å²) in [6.45, 7) is 1.93. The molecular weight excluding hydrogens is 257 g/mol. The van der Waals surface area contributed by atoms with E-state index in [9.17, 15) is 14.3 Å². The minimum atomic E-state index is -1.02. The maximum atomic E-state index is 13.0. The van der Waals surface area contributed by atoms with Crippen LogP contribution in [0.5, 0.6) is 0 Å². The van der Waals surface area contributed by atoms with Crippen LogP contribution in [-0.4, -0.2) is 11.0 Å². The maximum absolute atomic E-state index is 13.0. The van der Waals surface area contributed by atoms with Crippen molar-refractivity contribution < 1.29 is 14.3 Å². The summed E-state index contributed by atoms with van der Waals surface area (Å²) in [5, 5.41) is 12.6. The standard InChI is InChI=1S/C16H16FNO2/c1-11-4-2-7-14(8-11)18-16(20)10-15(19)12-5-3-6-13(17)9-12/h2-9,15,19H,10H2,1H3,(H,18,20). The number of nitrogens with one attached hydrogen (secondary N) is 1. The molecule has 2 aromatic rings. The molecule has 1 unspecified atom stereocenters. The van der Waals surface area contributed by atoms with E-state index in [2.05, 4.69) is 5.32 Å². The van der Waals surface area contributed by atoms with Crippen molar-refractivity contribution in [3.63, 3.8) is 0 Å². The first-order chi connectivity index (χ1) is 9.54. The highest BCUT2D eigenvalue weighted by Gasteiger charge is 2.13. The fourth-order valence-electron chi connectivity index (χ4n) is 1.94. The minimum Gasteiger partial charge on any atom is -0.388 e. The number of hydrogen-bond acceptors (Lipinski definition) is 2. The van der Waals surface area contributed by atoms with Crippen molar-refractivity contribution in [3.05, 3.63) is 65.5 Å². The molecule has 20 heavy (non-hydrogen) atoms. The van der Waals surface area contributed by atoms with Crippen molar-refractivity contribution in [2.24, 2.45) is 0 Å². The van der Waals surface area contributed by atoms with E-state index in [1.165, 1.54) is 18.2 Å². The normalized spacial score (nSPS) is 11.9.